The average Bonchev–Trinajstić information content (AvgIpc) is 2.37. The maximum atomic E-state index is 11.5. The van der Waals surface area contributed by atoms with Gasteiger partial charge in [0.25, 0.3) is 0 Å². The Bertz CT molecular complexity index is 461. The highest BCUT2D eigenvalue weighted by molar-refractivity contribution is 6.31. The summed E-state index contributed by atoms with van der Waals surface area (Å²) in [5.74, 6) is 0.781. The third kappa shape index (κ3) is 6.82. The summed E-state index contributed by atoms with van der Waals surface area (Å²) in [4.78, 5) is 11.5. The fourth-order valence-corrected chi connectivity index (χ4v) is 2.00. The molecule has 0 saturated heterocycles. The molecular formula is C16H24ClNO3. The molecule has 1 aromatic carbocycles. The molecule has 0 radical (unpaired) electrons. The van der Waals surface area contributed by atoms with E-state index in [1.807, 2.05) is 6.07 Å². The molecule has 0 aliphatic rings. The highest BCUT2D eigenvalue weighted by atomic mass is 35.5. The van der Waals surface area contributed by atoms with Gasteiger partial charge in [-0.15, -0.1) is 0 Å². The zero-order chi connectivity index (χ0) is 15.8. The third-order valence-electron chi connectivity index (χ3n) is 2.64. The molecule has 21 heavy (non-hydrogen) atoms. The molecule has 0 aliphatic carbocycles. The van der Waals surface area contributed by atoms with E-state index >= 15 is 0 Å². The highest BCUT2D eigenvalue weighted by Crippen LogP contribution is 2.26. The van der Waals surface area contributed by atoms with Crippen LogP contribution >= 0.6 is 11.6 Å². The van der Waals surface area contributed by atoms with Crippen molar-refractivity contribution in [2.45, 2.75) is 40.3 Å². The molecule has 118 valence electrons. The van der Waals surface area contributed by atoms with Crippen molar-refractivity contribution >= 4 is 17.6 Å². The zero-order valence-corrected chi connectivity index (χ0v) is 13.9. The van der Waals surface area contributed by atoms with E-state index in [1.54, 1.807) is 26.0 Å². The van der Waals surface area contributed by atoms with Gasteiger partial charge in [0.1, 0.15) is 5.75 Å². The zero-order valence-electron chi connectivity index (χ0n) is 13.1. The van der Waals surface area contributed by atoms with Crippen LogP contribution in [0.25, 0.3) is 0 Å². The lowest BCUT2D eigenvalue weighted by Crippen LogP contribution is -2.21. The number of benzene rings is 1. The minimum absolute atomic E-state index is 0.115. The van der Waals surface area contributed by atoms with E-state index in [0.29, 0.717) is 23.2 Å². The van der Waals surface area contributed by atoms with E-state index in [2.05, 4.69) is 19.2 Å². The van der Waals surface area contributed by atoms with Crippen LogP contribution in [-0.2, 0) is 16.1 Å². The number of hydrogen-bond donors (Lipinski definition) is 1. The molecule has 1 N–H and O–H groups in total. The summed E-state index contributed by atoms with van der Waals surface area (Å²) >= 11 is 6.21. The predicted molar refractivity (Wildman–Crippen MR) is 84.7 cm³/mol. The molecule has 1 aromatic rings. The van der Waals surface area contributed by atoms with E-state index in [0.717, 1.165) is 12.1 Å². The van der Waals surface area contributed by atoms with Crippen LogP contribution in [0.1, 0.15) is 33.3 Å². The van der Waals surface area contributed by atoms with E-state index in [4.69, 9.17) is 21.1 Å². The van der Waals surface area contributed by atoms with Crippen molar-refractivity contribution in [2.24, 2.45) is 5.92 Å². The molecule has 0 aliphatic heterocycles. The lowest BCUT2D eigenvalue weighted by Gasteiger charge is -2.15. The molecule has 4 nitrogen and oxygen atoms in total. The second kappa shape index (κ2) is 8.90. The molecule has 0 bridgehead atoms. The molecule has 0 fully saturated rings. The molecule has 0 saturated carbocycles. The minimum atomic E-state index is -0.383. The third-order valence-corrected chi connectivity index (χ3v) is 3.00. The summed E-state index contributed by atoms with van der Waals surface area (Å²) in [6.45, 7) is 9.26. The van der Waals surface area contributed by atoms with Crippen molar-refractivity contribution < 1.29 is 14.3 Å². The number of nitrogens with one attached hydrogen (secondary N) is 1. The van der Waals surface area contributed by atoms with Crippen molar-refractivity contribution in [3.8, 4) is 5.75 Å². The smallest absolute Gasteiger partial charge is 0.344 e. The second-order valence-corrected chi connectivity index (χ2v) is 5.98. The lowest BCUT2D eigenvalue weighted by molar-refractivity contribution is -0.149. The van der Waals surface area contributed by atoms with Crippen LogP contribution in [0.2, 0.25) is 5.02 Å². The Morgan fingerprint density at radius 2 is 2.00 bits per heavy atom. The van der Waals surface area contributed by atoms with Crippen LogP contribution in [0.15, 0.2) is 18.2 Å². The van der Waals surface area contributed by atoms with Crippen LogP contribution in [0.3, 0.4) is 0 Å². The van der Waals surface area contributed by atoms with Crippen molar-refractivity contribution in [3.63, 3.8) is 0 Å². The maximum absolute atomic E-state index is 11.5. The van der Waals surface area contributed by atoms with Crippen molar-refractivity contribution in [3.05, 3.63) is 28.8 Å². The Labute approximate surface area is 131 Å². The number of esters is 1. The molecule has 0 amide bonds. The van der Waals surface area contributed by atoms with Gasteiger partial charge < -0.3 is 14.8 Å². The first-order valence-electron chi connectivity index (χ1n) is 7.20. The van der Waals surface area contributed by atoms with Gasteiger partial charge >= 0.3 is 5.97 Å². The normalized spacial score (nSPS) is 11.0. The van der Waals surface area contributed by atoms with Gasteiger partial charge in [-0.3, -0.25) is 0 Å². The summed E-state index contributed by atoms with van der Waals surface area (Å²) in [5.41, 5.74) is 0.858. The SMILES string of the molecule is CC(C)CNCc1c(Cl)cccc1OCC(=O)OC(C)C. The standard InChI is InChI=1S/C16H24ClNO3/c1-11(2)8-18-9-13-14(17)6-5-7-15(13)20-10-16(19)21-12(3)4/h5-7,11-12,18H,8-10H2,1-4H3. The van der Waals surface area contributed by atoms with Crippen LogP contribution < -0.4 is 10.1 Å². The Morgan fingerprint density at radius 1 is 1.29 bits per heavy atom. The highest BCUT2D eigenvalue weighted by Gasteiger charge is 2.11. The van der Waals surface area contributed by atoms with E-state index < -0.39 is 0 Å². The molecule has 0 atom stereocenters. The van der Waals surface area contributed by atoms with Crippen LogP contribution in [-0.4, -0.2) is 25.2 Å². The number of carbonyl (C=O) groups is 1. The van der Waals surface area contributed by atoms with Crippen LogP contribution in [0.4, 0.5) is 0 Å². The summed E-state index contributed by atoms with van der Waals surface area (Å²) in [6.07, 6.45) is -0.146. The number of halogens is 1. The van der Waals surface area contributed by atoms with Gasteiger partial charge in [-0.25, -0.2) is 4.79 Å². The summed E-state index contributed by atoms with van der Waals surface area (Å²) < 4.78 is 10.6. The first kappa shape index (κ1) is 17.8. The maximum Gasteiger partial charge on any atom is 0.344 e. The number of carbonyl (C=O) groups excluding carboxylic acids is 1. The van der Waals surface area contributed by atoms with Gasteiger partial charge in [0.05, 0.1) is 6.10 Å². The van der Waals surface area contributed by atoms with Gasteiger partial charge in [-0.05, 0) is 38.4 Å². The van der Waals surface area contributed by atoms with Crippen molar-refractivity contribution in [2.75, 3.05) is 13.2 Å². The van der Waals surface area contributed by atoms with Crippen LogP contribution in [0.5, 0.6) is 5.75 Å². The van der Waals surface area contributed by atoms with E-state index in [1.165, 1.54) is 0 Å². The van der Waals surface area contributed by atoms with Crippen LogP contribution in [0, 0.1) is 5.92 Å². The lowest BCUT2D eigenvalue weighted by atomic mass is 10.1. The second-order valence-electron chi connectivity index (χ2n) is 5.57. The molecule has 1 rings (SSSR count). The first-order chi connectivity index (χ1) is 9.90. The number of hydrogen-bond acceptors (Lipinski definition) is 4. The predicted octanol–water partition coefficient (Wildman–Crippen LogP) is 3.42. The van der Waals surface area contributed by atoms with Gasteiger partial charge in [0.2, 0.25) is 0 Å². The molecule has 0 aromatic heterocycles. The van der Waals surface area contributed by atoms with Crippen molar-refractivity contribution in [1.29, 1.82) is 0 Å². The topological polar surface area (TPSA) is 47.6 Å². The molecular weight excluding hydrogens is 290 g/mol. The average molecular weight is 314 g/mol. The summed E-state index contributed by atoms with van der Waals surface area (Å²) in [7, 11) is 0. The van der Waals surface area contributed by atoms with Gasteiger partial charge in [-0.2, -0.15) is 0 Å². The quantitative estimate of drug-likeness (QED) is 0.747. The Balaban J connectivity index is 2.64. The molecule has 5 heteroatoms. The van der Waals surface area contributed by atoms with Gasteiger partial charge in [-0.1, -0.05) is 31.5 Å². The van der Waals surface area contributed by atoms with Gasteiger partial charge in [0, 0.05) is 17.1 Å². The Kier molecular flexibility index (Phi) is 7.54. The number of rotatable bonds is 8. The van der Waals surface area contributed by atoms with Gasteiger partial charge in [0.15, 0.2) is 6.61 Å². The molecule has 0 unspecified atom stereocenters. The fourth-order valence-electron chi connectivity index (χ4n) is 1.77. The fraction of sp³-hybridized carbons (Fsp3) is 0.562. The van der Waals surface area contributed by atoms with E-state index in [9.17, 15) is 4.79 Å². The minimum Gasteiger partial charge on any atom is -0.482 e. The largest absolute Gasteiger partial charge is 0.482 e. The summed E-state index contributed by atoms with van der Waals surface area (Å²) in [6, 6.07) is 5.42. The monoisotopic (exact) mass is 313 g/mol. The first-order valence-corrected chi connectivity index (χ1v) is 7.58. The summed E-state index contributed by atoms with van der Waals surface area (Å²) in [5, 5.41) is 3.95. The number of ether oxygens (including phenoxy) is 2. The van der Waals surface area contributed by atoms with E-state index in [-0.39, 0.29) is 18.7 Å². The van der Waals surface area contributed by atoms with Crippen molar-refractivity contribution in [1.82, 2.24) is 5.32 Å². The Morgan fingerprint density at radius 3 is 2.62 bits per heavy atom. The molecule has 0 heterocycles. The molecule has 0 spiro atoms. The Hall–Kier alpha value is -1.26.